The quantitative estimate of drug-likeness (QED) is 0.736. The minimum absolute atomic E-state index is 0.490. The molecule has 1 atom stereocenters. The van der Waals surface area contributed by atoms with E-state index < -0.39 is 6.10 Å². The van der Waals surface area contributed by atoms with Crippen LogP contribution in [0.4, 0.5) is 0 Å². The summed E-state index contributed by atoms with van der Waals surface area (Å²) in [7, 11) is 0. The first kappa shape index (κ1) is 10.3. The van der Waals surface area contributed by atoms with Crippen LogP contribution in [0.2, 0.25) is 5.02 Å². The van der Waals surface area contributed by atoms with Crippen molar-refractivity contribution in [2.75, 3.05) is 0 Å². The maximum Gasteiger partial charge on any atom is 0.0827 e. The van der Waals surface area contributed by atoms with Crippen LogP contribution < -0.4 is 0 Å². The van der Waals surface area contributed by atoms with Gasteiger partial charge in [-0.05, 0) is 30.5 Å². The van der Waals surface area contributed by atoms with Gasteiger partial charge in [0.25, 0.3) is 0 Å². The van der Waals surface area contributed by atoms with Gasteiger partial charge in [-0.1, -0.05) is 29.8 Å². The molecule has 0 fully saturated rings. The molecule has 0 saturated carbocycles. The summed E-state index contributed by atoms with van der Waals surface area (Å²) in [5.74, 6) is 0. The molecule has 1 aromatic rings. The molecule has 0 aliphatic heterocycles. The van der Waals surface area contributed by atoms with Gasteiger partial charge in [-0.2, -0.15) is 0 Å². The van der Waals surface area contributed by atoms with E-state index >= 15 is 0 Å². The number of aliphatic hydroxyl groups excluding tert-OH is 1. The van der Waals surface area contributed by atoms with Crippen LogP contribution in [0.3, 0.4) is 0 Å². The van der Waals surface area contributed by atoms with Crippen LogP contribution in [0.25, 0.3) is 0 Å². The van der Waals surface area contributed by atoms with Crippen LogP contribution in [0.1, 0.15) is 23.7 Å². The molecule has 2 heteroatoms. The lowest BCUT2D eigenvalue weighted by Crippen LogP contribution is -1.98. The van der Waals surface area contributed by atoms with E-state index in [1.165, 1.54) is 0 Å². The zero-order valence-electron chi connectivity index (χ0n) is 7.63. The molecule has 0 aromatic heterocycles. The number of halogens is 1. The van der Waals surface area contributed by atoms with E-state index in [0.717, 1.165) is 11.1 Å². The molecule has 13 heavy (non-hydrogen) atoms. The fourth-order valence-electron chi connectivity index (χ4n) is 1.27. The Morgan fingerprint density at radius 3 is 2.92 bits per heavy atom. The highest BCUT2D eigenvalue weighted by Gasteiger charge is 2.09. The number of benzene rings is 1. The minimum atomic E-state index is -0.490. The van der Waals surface area contributed by atoms with Crippen LogP contribution in [0, 0.1) is 6.92 Å². The molecule has 0 saturated heterocycles. The van der Waals surface area contributed by atoms with Crippen molar-refractivity contribution < 1.29 is 5.11 Å². The first-order valence-electron chi connectivity index (χ1n) is 4.20. The summed E-state index contributed by atoms with van der Waals surface area (Å²) in [5.41, 5.74) is 1.82. The fourth-order valence-corrected chi connectivity index (χ4v) is 1.45. The van der Waals surface area contributed by atoms with Crippen LogP contribution >= 0.6 is 11.6 Å². The van der Waals surface area contributed by atoms with Crippen molar-refractivity contribution in [3.05, 3.63) is 47.0 Å². The Kier molecular flexibility index (Phi) is 3.52. The predicted molar refractivity (Wildman–Crippen MR) is 56.0 cm³/mol. The van der Waals surface area contributed by atoms with Gasteiger partial charge in [0.1, 0.15) is 0 Å². The van der Waals surface area contributed by atoms with E-state index in [1.54, 1.807) is 6.08 Å². The van der Waals surface area contributed by atoms with Crippen molar-refractivity contribution in [2.24, 2.45) is 0 Å². The van der Waals surface area contributed by atoms with Crippen molar-refractivity contribution in [1.29, 1.82) is 0 Å². The van der Waals surface area contributed by atoms with Crippen molar-refractivity contribution >= 4 is 11.6 Å². The fraction of sp³-hybridized carbons (Fsp3) is 0.273. The molecule has 1 N–H and O–H groups in total. The normalized spacial score (nSPS) is 12.5. The number of aliphatic hydroxyl groups is 1. The van der Waals surface area contributed by atoms with Gasteiger partial charge in [0.2, 0.25) is 0 Å². The second-order valence-electron chi connectivity index (χ2n) is 2.99. The summed E-state index contributed by atoms with van der Waals surface area (Å²) < 4.78 is 0. The third kappa shape index (κ3) is 2.33. The Hall–Kier alpha value is -0.790. The molecule has 0 radical (unpaired) electrons. The van der Waals surface area contributed by atoms with E-state index in [0.29, 0.717) is 11.4 Å². The van der Waals surface area contributed by atoms with Gasteiger partial charge < -0.3 is 5.11 Å². The molecule has 0 amide bonds. The van der Waals surface area contributed by atoms with E-state index in [2.05, 4.69) is 6.58 Å². The second-order valence-corrected chi connectivity index (χ2v) is 3.40. The first-order valence-corrected chi connectivity index (χ1v) is 4.58. The first-order chi connectivity index (χ1) is 6.16. The van der Waals surface area contributed by atoms with Gasteiger partial charge in [0.05, 0.1) is 6.10 Å². The SMILES string of the molecule is C=CCC(O)c1cccc(Cl)c1C. The van der Waals surface area contributed by atoms with Crippen molar-refractivity contribution in [1.82, 2.24) is 0 Å². The zero-order valence-corrected chi connectivity index (χ0v) is 8.38. The van der Waals surface area contributed by atoms with Gasteiger partial charge >= 0.3 is 0 Å². The highest BCUT2D eigenvalue weighted by molar-refractivity contribution is 6.31. The standard InChI is InChI=1S/C11H13ClO/c1-3-5-11(13)9-6-4-7-10(12)8(9)2/h3-4,6-7,11,13H,1,5H2,2H3. The van der Waals surface area contributed by atoms with E-state index in [1.807, 2.05) is 25.1 Å². The number of hydrogen-bond donors (Lipinski definition) is 1. The lowest BCUT2D eigenvalue weighted by molar-refractivity contribution is 0.181. The Labute approximate surface area is 83.7 Å². The monoisotopic (exact) mass is 196 g/mol. The molecule has 0 bridgehead atoms. The van der Waals surface area contributed by atoms with Crippen LogP contribution in [0.15, 0.2) is 30.9 Å². The van der Waals surface area contributed by atoms with Gasteiger partial charge in [0, 0.05) is 5.02 Å². The second kappa shape index (κ2) is 4.45. The minimum Gasteiger partial charge on any atom is -0.388 e. The maximum absolute atomic E-state index is 9.70. The molecule has 0 aliphatic carbocycles. The summed E-state index contributed by atoms with van der Waals surface area (Å²) >= 11 is 5.92. The topological polar surface area (TPSA) is 20.2 Å². The number of hydrogen-bond acceptors (Lipinski definition) is 1. The van der Waals surface area contributed by atoms with Gasteiger partial charge in [-0.15, -0.1) is 6.58 Å². The lowest BCUT2D eigenvalue weighted by Gasteiger charge is -2.12. The molecular formula is C11H13ClO. The molecule has 1 nitrogen and oxygen atoms in total. The molecule has 1 unspecified atom stereocenters. The third-order valence-electron chi connectivity index (χ3n) is 2.06. The third-order valence-corrected chi connectivity index (χ3v) is 2.47. The highest BCUT2D eigenvalue weighted by Crippen LogP contribution is 2.25. The van der Waals surface area contributed by atoms with E-state index in [9.17, 15) is 5.11 Å². The Balaban J connectivity index is 3.00. The highest BCUT2D eigenvalue weighted by atomic mass is 35.5. The molecule has 1 aromatic carbocycles. The van der Waals surface area contributed by atoms with E-state index in [-0.39, 0.29) is 0 Å². The largest absolute Gasteiger partial charge is 0.388 e. The van der Waals surface area contributed by atoms with Crippen molar-refractivity contribution in [3.63, 3.8) is 0 Å². The summed E-state index contributed by atoms with van der Waals surface area (Å²) in [6.07, 6.45) is 1.77. The molecule has 70 valence electrons. The van der Waals surface area contributed by atoms with Gasteiger partial charge in [0.15, 0.2) is 0 Å². The van der Waals surface area contributed by atoms with Gasteiger partial charge in [-0.25, -0.2) is 0 Å². The van der Waals surface area contributed by atoms with Crippen molar-refractivity contribution in [2.45, 2.75) is 19.4 Å². The van der Waals surface area contributed by atoms with Crippen LogP contribution in [-0.4, -0.2) is 5.11 Å². The molecular weight excluding hydrogens is 184 g/mol. The molecule has 0 heterocycles. The van der Waals surface area contributed by atoms with Crippen LogP contribution in [0.5, 0.6) is 0 Å². The Bertz CT molecular complexity index is 307. The van der Waals surface area contributed by atoms with Crippen LogP contribution in [-0.2, 0) is 0 Å². The molecule has 1 rings (SSSR count). The molecule has 0 spiro atoms. The summed E-state index contributed by atoms with van der Waals surface area (Å²) in [6.45, 7) is 5.49. The van der Waals surface area contributed by atoms with E-state index in [4.69, 9.17) is 11.6 Å². The lowest BCUT2D eigenvalue weighted by atomic mass is 10.0. The molecule has 0 aliphatic rings. The smallest absolute Gasteiger partial charge is 0.0827 e. The summed E-state index contributed by atoms with van der Waals surface area (Å²) in [5, 5.41) is 10.4. The average molecular weight is 197 g/mol. The Morgan fingerprint density at radius 2 is 2.31 bits per heavy atom. The zero-order chi connectivity index (χ0) is 9.84. The predicted octanol–water partition coefficient (Wildman–Crippen LogP) is 3.26. The summed E-state index contributed by atoms with van der Waals surface area (Å²) in [4.78, 5) is 0. The number of rotatable bonds is 3. The van der Waals surface area contributed by atoms with Crippen molar-refractivity contribution in [3.8, 4) is 0 Å². The maximum atomic E-state index is 9.70. The summed E-state index contributed by atoms with van der Waals surface area (Å²) in [6, 6.07) is 5.55. The Morgan fingerprint density at radius 1 is 1.62 bits per heavy atom. The average Bonchev–Trinajstić information content (AvgIpc) is 2.10. The van der Waals surface area contributed by atoms with Gasteiger partial charge in [-0.3, -0.25) is 0 Å².